The van der Waals surface area contributed by atoms with Gasteiger partial charge in [0.05, 0.1) is 11.8 Å². The Morgan fingerprint density at radius 3 is 2.96 bits per heavy atom. The molecule has 5 heteroatoms. The molecule has 4 aromatic rings. The number of benzene rings is 2. The first kappa shape index (κ1) is 17.1. The summed E-state index contributed by atoms with van der Waals surface area (Å²) < 4.78 is 17.8. The number of hydrogen-bond acceptors (Lipinski definition) is 5. The minimum Gasteiger partial charge on any atom is -0.486 e. The largest absolute Gasteiger partial charge is 0.486 e. The van der Waals surface area contributed by atoms with Crippen molar-refractivity contribution in [3.63, 3.8) is 0 Å². The van der Waals surface area contributed by atoms with Gasteiger partial charge in [0.2, 0.25) is 0 Å². The smallest absolute Gasteiger partial charge is 0.171 e. The van der Waals surface area contributed by atoms with E-state index in [-0.39, 0.29) is 6.10 Å². The van der Waals surface area contributed by atoms with E-state index < -0.39 is 0 Å². The molecule has 0 saturated carbocycles. The molecule has 1 aliphatic rings. The molecule has 1 atom stereocenters. The molecule has 0 aliphatic carbocycles. The highest BCUT2D eigenvalue weighted by Gasteiger charge is 2.23. The summed E-state index contributed by atoms with van der Waals surface area (Å²) >= 11 is 0. The Balaban J connectivity index is 1.22. The summed E-state index contributed by atoms with van der Waals surface area (Å²) in [7, 11) is 0. The average Bonchev–Trinajstić information content (AvgIpc) is 3.14. The Hall–Kier alpha value is -3.05. The molecule has 0 fully saturated rings. The monoisotopic (exact) mass is 374 g/mol. The second-order valence-corrected chi connectivity index (χ2v) is 7.17. The zero-order valence-corrected chi connectivity index (χ0v) is 15.8. The molecule has 0 spiro atoms. The Bertz CT molecular complexity index is 1140. The maximum Gasteiger partial charge on any atom is 0.171 e. The van der Waals surface area contributed by atoms with Crippen LogP contribution in [0.3, 0.4) is 0 Å². The van der Waals surface area contributed by atoms with Crippen molar-refractivity contribution in [1.29, 1.82) is 0 Å². The van der Waals surface area contributed by atoms with Crippen molar-refractivity contribution in [2.45, 2.75) is 19.4 Å². The molecule has 1 aliphatic heterocycles. The Labute approximate surface area is 163 Å². The molecule has 28 heavy (non-hydrogen) atoms. The lowest BCUT2D eigenvalue weighted by atomic mass is 10.1. The van der Waals surface area contributed by atoms with Gasteiger partial charge < -0.3 is 19.2 Å². The van der Waals surface area contributed by atoms with E-state index in [9.17, 15) is 0 Å². The standard InChI is InChI=1S/C23H22N2O3/c1-15-6-7-19-20(25-15)8-9-22-23(19)28-17(14-27-22)12-24-11-10-16-13-26-21-5-3-2-4-18(16)21/h2-9,13,17,24H,10-12,14H2,1H3. The minimum absolute atomic E-state index is 0.0273. The second kappa shape index (κ2) is 7.17. The van der Waals surface area contributed by atoms with Gasteiger partial charge in [-0.25, -0.2) is 0 Å². The molecule has 2 aromatic heterocycles. The highest BCUT2D eigenvalue weighted by Crippen LogP contribution is 2.38. The van der Waals surface area contributed by atoms with Gasteiger partial charge in [0.15, 0.2) is 11.5 Å². The molecule has 142 valence electrons. The third-order valence-corrected chi connectivity index (χ3v) is 5.14. The normalized spacial score (nSPS) is 16.0. The summed E-state index contributed by atoms with van der Waals surface area (Å²) in [6.07, 6.45) is 2.73. The van der Waals surface area contributed by atoms with Crippen LogP contribution in [0.2, 0.25) is 0 Å². The van der Waals surface area contributed by atoms with E-state index in [0.29, 0.717) is 6.61 Å². The lowest BCUT2D eigenvalue weighted by Crippen LogP contribution is -2.39. The van der Waals surface area contributed by atoms with Crippen LogP contribution in [0.15, 0.2) is 59.2 Å². The van der Waals surface area contributed by atoms with Crippen LogP contribution in [0.1, 0.15) is 11.3 Å². The maximum absolute atomic E-state index is 6.25. The number of aromatic nitrogens is 1. The summed E-state index contributed by atoms with van der Waals surface area (Å²) in [6.45, 7) is 4.11. The summed E-state index contributed by atoms with van der Waals surface area (Å²) in [4.78, 5) is 4.58. The summed E-state index contributed by atoms with van der Waals surface area (Å²) in [6, 6.07) is 16.1. The van der Waals surface area contributed by atoms with E-state index in [1.54, 1.807) is 0 Å². The summed E-state index contributed by atoms with van der Waals surface area (Å²) in [5.74, 6) is 1.59. The molecular formula is C23H22N2O3. The van der Waals surface area contributed by atoms with Gasteiger partial charge in [0.25, 0.3) is 0 Å². The van der Waals surface area contributed by atoms with Gasteiger partial charge in [-0.05, 0) is 55.8 Å². The van der Waals surface area contributed by atoms with E-state index in [1.165, 1.54) is 10.9 Å². The average molecular weight is 374 g/mol. The number of nitrogens with zero attached hydrogens (tertiary/aromatic N) is 1. The van der Waals surface area contributed by atoms with E-state index in [4.69, 9.17) is 13.9 Å². The fraction of sp³-hybridized carbons (Fsp3) is 0.261. The number of furan rings is 1. The maximum atomic E-state index is 6.25. The van der Waals surface area contributed by atoms with Crippen LogP contribution >= 0.6 is 0 Å². The van der Waals surface area contributed by atoms with Crippen molar-refractivity contribution < 1.29 is 13.9 Å². The molecule has 0 amide bonds. The number of aryl methyl sites for hydroxylation is 1. The van der Waals surface area contributed by atoms with E-state index >= 15 is 0 Å². The van der Waals surface area contributed by atoms with Crippen molar-refractivity contribution in [3.8, 4) is 11.5 Å². The van der Waals surface area contributed by atoms with Crippen molar-refractivity contribution in [2.24, 2.45) is 0 Å². The van der Waals surface area contributed by atoms with Crippen molar-refractivity contribution in [2.75, 3.05) is 19.7 Å². The van der Waals surface area contributed by atoms with Gasteiger partial charge in [-0.2, -0.15) is 0 Å². The van der Waals surface area contributed by atoms with Crippen LogP contribution in [0.4, 0.5) is 0 Å². The number of hydrogen-bond donors (Lipinski definition) is 1. The quantitative estimate of drug-likeness (QED) is 0.529. The van der Waals surface area contributed by atoms with Gasteiger partial charge in [-0.1, -0.05) is 18.2 Å². The Kier molecular flexibility index (Phi) is 4.37. The summed E-state index contributed by atoms with van der Waals surface area (Å²) in [5.41, 5.74) is 4.09. The number of ether oxygens (including phenoxy) is 2. The molecule has 1 unspecified atom stereocenters. The summed E-state index contributed by atoms with van der Waals surface area (Å²) in [5, 5.41) is 5.67. The van der Waals surface area contributed by atoms with Crippen molar-refractivity contribution >= 4 is 21.9 Å². The molecule has 0 saturated heterocycles. The number of pyridine rings is 1. The highest BCUT2D eigenvalue weighted by molar-refractivity contribution is 5.88. The van der Waals surface area contributed by atoms with Crippen LogP contribution in [-0.2, 0) is 6.42 Å². The number of rotatable bonds is 5. The molecule has 2 aromatic carbocycles. The third kappa shape index (κ3) is 3.18. The fourth-order valence-electron chi connectivity index (χ4n) is 3.69. The molecule has 5 rings (SSSR count). The topological polar surface area (TPSA) is 56.5 Å². The SMILES string of the molecule is Cc1ccc2c3c(ccc2n1)OCC(CNCCc1coc2ccccc12)O3. The first-order valence-electron chi connectivity index (χ1n) is 9.63. The highest BCUT2D eigenvalue weighted by atomic mass is 16.6. The van der Waals surface area contributed by atoms with Gasteiger partial charge in [0.1, 0.15) is 18.3 Å². The zero-order valence-electron chi connectivity index (χ0n) is 15.8. The van der Waals surface area contributed by atoms with Crippen LogP contribution in [0.5, 0.6) is 11.5 Å². The van der Waals surface area contributed by atoms with Gasteiger partial charge in [-0.3, -0.25) is 4.98 Å². The lowest BCUT2D eigenvalue weighted by molar-refractivity contribution is 0.0926. The molecule has 5 nitrogen and oxygen atoms in total. The first-order valence-corrected chi connectivity index (χ1v) is 9.63. The predicted octanol–water partition coefficient (Wildman–Crippen LogP) is 4.26. The fourth-order valence-corrected chi connectivity index (χ4v) is 3.69. The number of nitrogens with one attached hydrogen (secondary N) is 1. The van der Waals surface area contributed by atoms with Crippen molar-refractivity contribution in [1.82, 2.24) is 10.3 Å². The molecule has 0 radical (unpaired) electrons. The second-order valence-electron chi connectivity index (χ2n) is 7.17. The number of para-hydroxylation sites is 1. The first-order chi connectivity index (χ1) is 13.8. The zero-order chi connectivity index (χ0) is 18.9. The Morgan fingerprint density at radius 2 is 2.00 bits per heavy atom. The Morgan fingerprint density at radius 1 is 1.07 bits per heavy atom. The van der Waals surface area contributed by atoms with Crippen LogP contribution in [0, 0.1) is 6.92 Å². The van der Waals surface area contributed by atoms with Gasteiger partial charge >= 0.3 is 0 Å². The van der Waals surface area contributed by atoms with Gasteiger partial charge in [0, 0.05) is 23.0 Å². The molecule has 3 heterocycles. The van der Waals surface area contributed by atoms with E-state index in [2.05, 4.69) is 22.4 Å². The lowest BCUT2D eigenvalue weighted by Gasteiger charge is -2.27. The van der Waals surface area contributed by atoms with Crippen molar-refractivity contribution in [3.05, 3.63) is 66.1 Å². The molecular weight excluding hydrogens is 352 g/mol. The van der Waals surface area contributed by atoms with Crippen LogP contribution in [0.25, 0.3) is 21.9 Å². The van der Waals surface area contributed by atoms with E-state index in [1.807, 2.05) is 49.6 Å². The van der Waals surface area contributed by atoms with Crippen LogP contribution in [-0.4, -0.2) is 30.8 Å². The van der Waals surface area contributed by atoms with E-state index in [0.717, 1.165) is 53.2 Å². The molecule has 0 bridgehead atoms. The van der Waals surface area contributed by atoms with Crippen LogP contribution < -0.4 is 14.8 Å². The van der Waals surface area contributed by atoms with Gasteiger partial charge in [-0.15, -0.1) is 0 Å². The third-order valence-electron chi connectivity index (χ3n) is 5.14. The minimum atomic E-state index is -0.0273. The molecule has 1 N–H and O–H groups in total. The predicted molar refractivity (Wildman–Crippen MR) is 109 cm³/mol. The number of fused-ring (bicyclic) bond motifs is 4.